The Hall–Kier alpha value is -2.69. The summed E-state index contributed by atoms with van der Waals surface area (Å²) in [4.78, 5) is 12.9. The van der Waals surface area contributed by atoms with Gasteiger partial charge in [-0.15, -0.1) is 10.2 Å². The number of aryl methyl sites for hydroxylation is 2. The number of para-hydroxylation sites is 1. The number of carbonyl (C=O) groups excluding carboxylic acids is 1. The largest absolute Gasteiger partial charge is 0.325 e. The van der Waals surface area contributed by atoms with Crippen molar-refractivity contribution in [3.05, 3.63) is 65.5 Å². The standard InChI is InChI=1S/C23H29N5O3S2/c1-5-17-11-10-12-18(6-2)22(17)24-21(29)16-32-23-26-25-20(28(23)4)15-27(3)33(30,31)19-13-8-7-9-14-19/h7-14H,5-6,15-16H2,1-4H3,(H,24,29). The van der Waals surface area contributed by atoms with Crippen molar-refractivity contribution in [1.29, 1.82) is 0 Å². The Morgan fingerprint density at radius 3 is 2.27 bits per heavy atom. The van der Waals surface area contributed by atoms with Gasteiger partial charge in [-0.05, 0) is 36.1 Å². The first-order chi connectivity index (χ1) is 15.8. The Labute approximate surface area is 199 Å². The molecule has 1 amide bonds. The SMILES string of the molecule is CCc1cccc(CC)c1NC(=O)CSc1nnc(CN(C)S(=O)(=O)c2ccccc2)n1C. The Bertz CT molecular complexity index is 1190. The molecule has 0 fully saturated rings. The minimum Gasteiger partial charge on any atom is -0.325 e. The third-order valence-corrected chi connectivity index (χ3v) is 8.17. The summed E-state index contributed by atoms with van der Waals surface area (Å²) >= 11 is 1.26. The summed E-state index contributed by atoms with van der Waals surface area (Å²) in [6.07, 6.45) is 1.67. The molecule has 8 nitrogen and oxygen atoms in total. The number of carbonyl (C=O) groups is 1. The van der Waals surface area contributed by atoms with Crippen molar-refractivity contribution in [1.82, 2.24) is 19.1 Å². The summed E-state index contributed by atoms with van der Waals surface area (Å²) in [6, 6.07) is 14.3. The lowest BCUT2D eigenvalue weighted by molar-refractivity contribution is -0.113. The number of nitrogens with one attached hydrogen (secondary N) is 1. The van der Waals surface area contributed by atoms with Crippen LogP contribution in [0.1, 0.15) is 30.8 Å². The van der Waals surface area contributed by atoms with E-state index in [0.29, 0.717) is 11.0 Å². The van der Waals surface area contributed by atoms with Crippen LogP contribution in [0.25, 0.3) is 0 Å². The lowest BCUT2D eigenvalue weighted by Crippen LogP contribution is -2.27. The van der Waals surface area contributed by atoms with Crippen LogP contribution in [-0.2, 0) is 41.3 Å². The molecule has 3 rings (SSSR count). The van der Waals surface area contributed by atoms with Crippen molar-refractivity contribution in [3.63, 3.8) is 0 Å². The quantitative estimate of drug-likeness (QED) is 0.440. The van der Waals surface area contributed by atoms with Gasteiger partial charge in [0.25, 0.3) is 0 Å². The number of sulfonamides is 1. The highest BCUT2D eigenvalue weighted by Crippen LogP contribution is 2.24. The first-order valence-electron chi connectivity index (χ1n) is 10.7. The average molecular weight is 488 g/mol. The first kappa shape index (κ1) is 24.9. The van der Waals surface area contributed by atoms with Crippen molar-refractivity contribution >= 4 is 33.4 Å². The molecule has 0 aliphatic carbocycles. The average Bonchev–Trinajstić information content (AvgIpc) is 3.17. The second kappa shape index (κ2) is 11.0. The zero-order valence-corrected chi connectivity index (χ0v) is 20.9. The number of aromatic nitrogens is 3. The predicted molar refractivity (Wildman–Crippen MR) is 131 cm³/mol. The Balaban J connectivity index is 1.64. The normalized spacial score (nSPS) is 11.7. The van der Waals surface area contributed by atoms with E-state index in [1.807, 2.05) is 18.2 Å². The molecule has 0 aliphatic rings. The summed E-state index contributed by atoms with van der Waals surface area (Å²) in [5, 5.41) is 11.9. The van der Waals surface area contributed by atoms with Gasteiger partial charge in [-0.3, -0.25) is 4.79 Å². The number of nitrogens with zero attached hydrogens (tertiary/aromatic N) is 4. The third-order valence-electron chi connectivity index (χ3n) is 5.34. The number of hydrogen-bond acceptors (Lipinski definition) is 6. The van der Waals surface area contributed by atoms with Crippen molar-refractivity contribution in [2.75, 3.05) is 18.1 Å². The highest BCUT2D eigenvalue weighted by Gasteiger charge is 2.23. The van der Waals surface area contributed by atoms with Crippen LogP contribution in [-0.4, -0.2) is 46.2 Å². The molecule has 33 heavy (non-hydrogen) atoms. The number of hydrogen-bond donors (Lipinski definition) is 1. The molecule has 1 heterocycles. The molecule has 176 valence electrons. The summed E-state index contributed by atoms with van der Waals surface area (Å²) < 4.78 is 28.5. The van der Waals surface area contributed by atoms with E-state index in [0.717, 1.165) is 29.7 Å². The first-order valence-corrected chi connectivity index (χ1v) is 13.1. The van der Waals surface area contributed by atoms with Gasteiger partial charge in [0.2, 0.25) is 15.9 Å². The molecule has 1 N–H and O–H groups in total. The Morgan fingerprint density at radius 1 is 1.03 bits per heavy atom. The molecule has 0 saturated heterocycles. The van der Waals surface area contributed by atoms with Crippen molar-refractivity contribution in [3.8, 4) is 0 Å². The minimum atomic E-state index is -3.64. The van der Waals surface area contributed by atoms with Gasteiger partial charge in [0.15, 0.2) is 5.16 Å². The van der Waals surface area contributed by atoms with Gasteiger partial charge >= 0.3 is 0 Å². The van der Waals surface area contributed by atoms with Crippen LogP contribution >= 0.6 is 11.8 Å². The number of anilines is 1. The molecule has 1 aromatic heterocycles. The van der Waals surface area contributed by atoms with E-state index in [4.69, 9.17) is 0 Å². The van der Waals surface area contributed by atoms with Gasteiger partial charge in [0.1, 0.15) is 5.82 Å². The van der Waals surface area contributed by atoms with Crippen molar-refractivity contribution in [2.24, 2.45) is 7.05 Å². The van der Waals surface area contributed by atoms with E-state index in [9.17, 15) is 13.2 Å². The van der Waals surface area contributed by atoms with Crippen LogP contribution in [0.2, 0.25) is 0 Å². The maximum absolute atomic E-state index is 12.8. The molecule has 3 aromatic rings. The molecule has 10 heteroatoms. The van der Waals surface area contributed by atoms with Gasteiger partial charge in [-0.2, -0.15) is 4.31 Å². The molecule has 0 unspecified atom stereocenters. The summed E-state index contributed by atoms with van der Waals surface area (Å²) in [5.41, 5.74) is 3.10. The second-order valence-electron chi connectivity index (χ2n) is 7.53. The maximum Gasteiger partial charge on any atom is 0.243 e. The van der Waals surface area contributed by atoms with Gasteiger partial charge in [0.05, 0.1) is 17.2 Å². The smallest absolute Gasteiger partial charge is 0.243 e. The molecule has 0 spiro atoms. The summed E-state index contributed by atoms with van der Waals surface area (Å²) in [5.74, 6) is 0.541. The molecular weight excluding hydrogens is 458 g/mol. The third kappa shape index (κ3) is 5.82. The lowest BCUT2D eigenvalue weighted by Gasteiger charge is -2.16. The number of amides is 1. The Morgan fingerprint density at radius 2 is 1.67 bits per heavy atom. The fraction of sp³-hybridized carbons (Fsp3) is 0.348. The molecule has 0 radical (unpaired) electrons. The number of benzene rings is 2. The van der Waals surface area contributed by atoms with Gasteiger partial charge < -0.3 is 9.88 Å². The number of rotatable bonds is 10. The minimum absolute atomic E-state index is 0.0667. The van der Waals surface area contributed by atoms with Crippen molar-refractivity contribution in [2.45, 2.75) is 43.3 Å². The predicted octanol–water partition coefficient (Wildman–Crippen LogP) is 3.49. The van der Waals surface area contributed by atoms with Crippen LogP contribution < -0.4 is 5.32 Å². The van der Waals surface area contributed by atoms with Crippen LogP contribution in [0.4, 0.5) is 5.69 Å². The second-order valence-corrected chi connectivity index (χ2v) is 10.5. The fourth-order valence-electron chi connectivity index (χ4n) is 3.37. The number of thioether (sulfide) groups is 1. The molecule has 2 aromatic carbocycles. The van der Waals surface area contributed by atoms with Crippen LogP contribution in [0.5, 0.6) is 0 Å². The van der Waals surface area contributed by atoms with Gasteiger partial charge in [0, 0.05) is 19.8 Å². The van der Waals surface area contributed by atoms with E-state index in [1.54, 1.807) is 41.9 Å². The van der Waals surface area contributed by atoms with Crippen LogP contribution in [0.3, 0.4) is 0 Å². The van der Waals surface area contributed by atoms with Crippen LogP contribution in [0, 0.1) is 0 Å². The summed E-state index contributed by atoms with van der Waals surface area (Å²) in [7, 11) is -0.365. The van der Waals surface area contributed by atoms with E-state index in [2.05, 4.69) is 29.4 Å². The van der Waals surface area contributed by atoms with Crippen molar-refractivity contribution < 1.29 is 13.2 Å². The van der Waals surface area contributed by atoms with E-state index >= 15 is 0 Å². The molecular formula is C23H29N5O3S2. The highest BCUT2D eigenvalue weighted by molar-refractivity contribution is 7.99. The molecule has 0 atom stereocenters. The van der Waals surface area contributed by atoms with Crippen LogP contribution in [0.15, 0.2) is 58.6 Å². The zero-order chi connectivity index (χ0) is 24.0. The molecule has 0 aliphatic heterocycles. The van der Waals surface area contributed by atoms with Gasteiger partial charge in [-0.25, -0.2) is 8.42 Å². The Kier molecular flexibility index (Phi) is 8.28. The van der Waals surface area contributed by atoms with Gasteiger partial charge in [-0.1, -0.05) is 62.0 Å². The maximum atomic E-state index is 12.8. The van der Waals surface area contributed by atoms with E-state index in [-0.39, 0.29) is 23.1 Å². The monoisotopic (exact) mass is 487 g/mol. The lowest BCUT2D eigenvalue weighted by atomic mass is 10.0. The fourth-order valence-corrected chi connectivity index (χ4v) is 5.25. The highest BCUT2D eigenvalue weighted by atomic mass is 32.2. The molecule has 0 bridgehead atoms. The summed E-state index contributed by atoms with van der Waals surface area (Å²) in [6.45, 7) is 4.20. The zero-order valence-electron chi connectivity index (χ0n) is 19.3. The molecule has 0 saturated carbocycles. The van der Waals surface area contributed by atoms with E-state index in [1.165, 1.54) is 23.1 Å². The van der Waals surface area contributed by atoms with E-state index < -0.39 is 10.0 Å². The topological polar surface area (TPSA) is 97.2 Å².